The molecule has 20 heavy (non-hydrogen) atoms. The van der Waals surface area contributed by atoms with E-state index in [0.29, 0.717) is 11.3 Å². The van der Waals surface area contributed by atoms with Crippen molar-refractivity contribution in [2.24, 2.45) is 0 Å². The van der Waals surface area contributed by atoms with Crippen LogP contribution in [0.1, 0.15) is 37.3 Å². The molecule has 1 fully saturated rings. The van der Waals surface area contributed by atoms with E-state index in [1.165, 1.54) is 6.07 Å². The topological polar surface area (TPSA) is 88.7 Å². The lowest BCUT2D eigenvalue weighted by Gasteiger charge is -2.33. The minimum Gasteiger partial charge on any atom is -0.324 e. The smallest absolute Gasteiger partial charge is 0.244 e. The van der Waals surface area contributed by atoms with Gasteiger partial charge in [-0.15, -0.1) is 0 Å². The largest absolute Gasteiger partial charge is 0.324 e. The van der Waals surface area contributed by atoms with Gasteiger partial charge in [-0.3, -0.25) is 4.79 Å². The molecule has 102 valence electrons. The van der Waals surface area contributed by atoms with Gasteiger partial charge >= 0.3 is 0 Å². The Labute approximate surface area is 118 Å². The average Bonchev–Trinajstić information content (AvgIpc) is 2.47. The van der Waals surface area contributed by atoms with Crippen molar-refractivity contribution in [1.82, 2.24) is 5.32 Å². The second-order valence-electron chi connectivity index (χ2n) is 5.15. The maximum Gasteiger partial charge on any atom is 0.244 e. The van der Waals surface area contributed by atoms with Crippen molar-refractivity contribution in [1.29, 1.82) is 10.5 Å². The van der Waals surface area contributed by atoms with Crippen molar-refractivity contribution >= 4 is 11.6 Å². The Morgan fingerprint density at radius 2 is 2.05 bits per heavy atom. The molecule has 0 bridgehead atoms. The molecule has 5 nitrogen and oxygen atoms in total. The fraction of sp³-hybridized carbons (Fsp3) is 0.400. The van der Waals surface area contributed by atoms with E-state index < -0.39 is 5.54 Å². The van der Waals surface area contributed by atoms with Gasteiger partial charge in [-0.05, 0) is 50.9 Å². The van der Waals surface area contributed by atoms with E-state index in [9.17, 15) is 4.79 Å². The second-order valence-corrected chi connectivity index (χ2v) is 5.15. The summed E-state index contributed by atoms with van der Waals surface area (Å²) in [4.78, 5) is 12.3. The lowest BCUT2D eigenvalue weighted by Crippen LogP contribution is -2.54. The number of hydrogen-bond acceptors (Lipinski definition) is 4. The molecular formula is C15H16N4O. The second kappa shape index (κ2) is 5.73. The Hall–Kier alpha value is -2.37. The molecule has 0 aromatic heterocycles. The van der Waals surface area contributed by atoms with E-state index in [1.54, 1.807) is 12.1 Å². The Morgan fingerprint density at radius 3 is 2.65 bits per heavy atom. The highest BCUT2D eigenvalue weighted by atomic mass is 16.2. The number of hydrogen-bond donors (Lipinski definition) is 2. The number of nitrogens with one attached hydrogen (secondary N) is 2. The Kier molecular flexibility index (Phi) is 4.02. The van der Waals surface area contributed by atoms with Crippen molar-refractivity contribution in [3.05, 3.63) is 29.3 Å². The predicted molar refractivity (Wildman–Crippen MR) is 74.8 cm³/mol. The van der Waals surface area contributed by atoms with Gasteiger partial charge in [0, 0.05) is 5.69 Å². The Bertz CT molecular complexity index is 603. The summed E-state index contributed by atoms with van der Waals surface area (Å²) in [6.45, 7) is 2.72. The van der Waals surface area contributed by atoms with E-state index in [-0.39, 0.29) is 11.5 Å². The van der Waals surface area contributed by atoms with Crippen LogP contribution in [0.15, 0.2) is 18.2 Å². The number of piperidine rings is 1. The zero-order valence-electron chi connectivity index (χ0n) is 11.4. The van der Waals surface area contributed by atoms with Gasteiger partial charge < -0.3 is 10.6 Å². The molecule has 0 saturated carbocycles. The maximum atomic E-state index is 12.3. The maximum absolute atomic E-state index is 12.3. The summed E-state index contributed by atoms with van der Waals surface area (Å²) < 4.78 is 0. The molecule has 1 amide bonds. The number of anilines is 1. The number of nitrogens with zero attached hydrogens (tertiary/aromatic N) is 2. The first-order valence-electron chi connectivity index (χ1n) is 6.60. The van der Waals surface area contributed by atoms with Crippen LogP contribution in [-0.4, -0.2) is 18.0 Å². The third-order valence-corrected chi connectivity index (χ3v) is 3.64. The van der Waals surface area contributed by atoms with E-state index in [0.717, 1.165) is 25.8 Å². The molecule has 1 saturated heterocycles. The van der Waals surface area contributed by atoms with Crippen molar-refractivity contribution < 1.29 is 4.79 Å². The van der Waals surface area contributed by atoms with Crippen LogP contribution < -0.4 is 10.6 Å². The lowest BCUT2D eigenvalue weighted by atomic mass is 9.90. The number of amides is 1. The van der Waals surface area contributed by atoms with Gasteiger partial charge in [0.15, 0.2) is 0 Å². The zero-order valence-corrected chi connectivity index (χ0v) is 11.4. The highest BCUT2D eigenvalue weighted by molar-refractivity contribution is 5.98. The SMILES string of the molecule is CC1(C(=O)Nc2ccc(C#N)c(C#N)c2)CCCCN1. The normalized spacial score (nSPS) is 21.6. The summed E-state index contributed by atoms with van der Waals surface area (Å²) in [5, 5.41) is 23.9. The predicted octanol–water partition coefficient (Wildman–Crippen LogP) is 1.90. The van der Waals surface area contributed by atoms with Crippen LogP contribution in [0, 0.1) is 22.7 Å². The van der Waals surface area contributed by atoms with Crippen LogP contribution in [0.25, 0.3) is 0 Å². The lowest BCUT2D eigenvalue weighted by molar-refractivity contribution is -0.122. The fourth-order valence-electron chi connectivity index (χ4n) is 2.33. The van der Waals surface area contributed by atoms with Gasteiger partial charge in [0.05, 0.1) is 16.7 Å². The van der Waals surface area contributed by atoms with E-state index in [2.05, 4.69) is 10.6 Å². The van der Waals surface area contributed by atoms with Gasteiger partial charge in [-0.2, -0.15) is 10.5 Å². The summed E-state index contributed by atoms with van der Waals surface area (Å²) in [5.74, 6) is -0.106. The van der Waals surface area contributed by atoms with Crippen LogP contribution in [0.5, 0.6) is 0 Å². The summed E-state index contributed by atoms with van der Waals surface area (Å²) >= 11 is 0. The highest BCUT2D eigenvalue weighted by Crippen LogP contribution is 2.22. The number of rotatable bonds is 2. The van der Waals surface area contributed by atoms with E-state index in [1.807, 2.05) is 19.1 Å². The third kappa shape index (κ3) is 2.79. The van der Waals surface area contributed by atoms with Gasteiger partial charge in [0.2, 0.25) is 5.91 Å². The molecular weight excluding hydrogens is 252 g/mol. The van der Waals surface area contributed by atoms with Gasteiger partial charge in [0.25, 0.3) is 0 Å². The third-order valence-electron chi connectivity index (χ3n) is 3.64. The molecule has 5 heteroatoms. The molecule has 1 aromatic carbocycles. The molecule has 1 unspecified atom stereocenters. The van der Waals surface area contributed by atoms with Crippen LogP contribution in [0.2, 0.25) is 0 Å². The highest BCUT2D eigenvalue weighted by Gasteiger charge is 2.34. The number of carbonyl (C=O) groups is 1. The van der Waals surface area contributed by atoms with E-state index in [4.69, 9.17) is 10.5 Å². The number of carbonyl (C=O) groups excluding carboxylic acids is 1. The molecule has 1 heterocycles. The molecule has 0 aliphatic carbocycles. The Morgan fingerprint density at radius 1 is 1.30 bits per heavy atom. The quantitative estimate of drug-likeness (QED) is 0.857. The molecule has 1 atom stereocenters. The first kappa shape index (κ1) is 14.0. The van der Waals surface area contributed by atoms with E-state index >= 15 is 0 Å². The first-order valence-corrected chi connectivity index (χ1v) is 6.60. The number of benzene rings is 1. The van der Waals surface area contributed by atoms with Crippen LogP contribution >= 0.6 is 0 Å². The zero-order chi connectivity index (χ0) is 14.6. The van der Waals surface area contributed by atoms with Gasteiger partial charge in [0.1, 0.15) is 12.1 Å². The van der Waals surface area contributed by atoms with Gasteiger partial charge in [-0.1, -0.05) is 0 Å². The van der Waals surface area contributed by atoms with Crippen molar-refractivity contribution in [2.45, 2.75) is 31.7 Å². The molecule has 1 aromatic rings. The molecule has 1 aliphatic heterocycles. The summed E-state index contributed by atoms with van der Waals surface area (Å²) in [5.41, 5.74) is 0.553. The molecule has 2 rings (SSSR count). The van der Waals surface area contributed by atoms with Crippen LogP contribution in [0.4, 0.5) is 5.69 Å². The minimum absolute atomic E-state index is 0.106. The summed E-state index contributed by atoms with van der Waals surface area (Å²) in [6, 6.07) is 8.63. The average molecular weight is 268 g/mol. The van der Waals surface area contributed by atoms with Crippen molar-refractivity contribution in [3.8, 4) is 12.1 Å². The summed E-state index contributed by atoms with van der Waals surface area (Å²) in [7, 11) is 0. The monoisotopic (exact) mass is 268 g/mol. The van der Waals surface area contributed by atoms with Crippen molar-refractivity contribution in [3.63, 3.8) is 0 Å². The van der Waals surface area contributed by atoms with Crippen LogP contribution in [-0.2, 0) is 4.79 Å². The van der Waals surface area contributed by atoms with Crippen LogP contribution in [0.3, 0.4) is 0 Å². The molecule has 1 aliphatic rings. The Balaban J connectivity index is 2.16. The fourth-order valence-corrected chi connectivity index (χ4v) is 2.33. The standard InChI is InChI=1S/C15H16N4O/c1-15(6-2-3-7-18-15)14(20)19-13-5-4-11(9-16)12(8-13)10-17/h4-5,8,18H,2-3,6-7H2,1H3,(H,19,20). The van der Waals surface area contributed by atoms with Crippen molar-refractivity contribution in [2.75, 3.05) is 11.9 Å². The van der Waals surface area contributed by atoms with Gasteiger partial charge in [-0.25, -0.2) is 0 Å². The minimum atomic E-state index is -0.570. The summed E-state index contributed by atoms with van der Waals surface area (Å²) in [6.07, 6.45) is 2.90. The number of nitriles is 2. The molecule has 0 radical (unpaired) electrons. The molecule has 0 spiro atoms. The first-order chi connectivity index (χ1) is 9.59. The molecule has 2 N–H and O–H groups in total.